The molecule has 0 bridgehead atoms. The van der Waals surface area contributed by atoms with Crippen LogP contribution in [0.5, 0.6) is 5.88 Å². The number of nitrogens with zero attached hydrogens (tertiary/aromatic N) is 5. The van der Waals surface area contributed by atoms with Gasteiger partial charge in [-0.25, -0.2) is 9.97 Å². The molecule has 2 aromatic rings. The van der Waals surface area contributed by atoms with E-state index in [-0.39, 0.29) is 11.3 Å². The van der Waals surface area contributed by atoms with Crippen LogP contribution >= 0.6 is 0 Å². The maximum absolute atomic E-state index is 12.5. The van der Waals surface area contributed by atoms with Crippen LogP contribution < -0.4 is 9.64 Å². The molecule has 7 heteroatoms. The monoisotopic (exact) mass is 367 g/mol. The Morgan fingerprint density at radius 1 is 1.19 bits per heavy atom. The van der Waals surface area contributed by atoms with E-state index in [1.807, 2.05) is 29.2 Å². The number of pyridine rings is 1. The first-order valence-electron chi connectivity index (χ1n) is 9.46. The Morgan fingerprint density at radius 2 is 2.11 bits per heavy atom. The summed E-state index contributed by atoms with van der Waals surface area (Å²) in [5, 5.41) is 0. The molecule has 0 radical (unpaired) electrons. The molecule has 2 fully saturated rings. The van der Waals surface area contributed by atoms with Crippen molar-refractivity contribution in [1.82, 2.24) is 19.9 Å². The fourth-order valence-electron chi connectivity index (χ4n) is 4.28. The zero-order valence-electron chi connectivity index (χ0n) is 15.7. The summed E-state index contributed by atoms with van der Waals surface area (Å²) in [6.07, 6.45) is 7.10. The van der Waals surface area contributed by atoms with Crippen molar-refractivity contribution in [3.8, 4) is 5.88 Å². The van der Waals surface area contributed by atoms with Gasteiger partial charge in [0.2, 0.25) is 11.8 Å². The van der Waals surface area contributed by atoms with E-state index in [2.05, 4.69) is 19.9 Å². The highest BCUT2D eigenvalue weighted by atomic mass is 16.5. The maximum Gasteiger partial charge on any atom is 0.222 e. The van der Waals surface area contributed by atoms with E-state index in [1.54, 1.807) is 19.6 Å². The van der Waals surface area contributed by atoms with Crippen LogP contribution in [0.2, 0.25) is 0 Å². The molecule has 0 aliphatic carbocycles. The van der Waals surface area contributed by atoms with Crippen molar-refractivity contribution in [3.05, 3.63) is 42.5 Å². The third kappa shape index (κ3) is 3.86. The molecule has 2 aromatic heterocycles. The van der Waals surface area contributed by atoms with Crippen LogP contribution in [-0.4, -0.2) is 52.5 Å². The number of carbonyl (C=O) groups excluding carboxylic acids is 1. The lowest BCUT2D eigenvalue weighted by molar-refractivity contribution is -0.138. The summed E-state index contributed by atoms with van der Waals surface area (Å²) in [5.41, 5.74) is 1.05. The van der Waals surface area contributed by atoms with Crippen LogP contribution in [0.25, 0.3) is 0 Å². The van der Waals surface area contributed by atoms with Crippen LogP contribution in [-0.2, 0) is 11.3 Å². The number of hydrogen-bond acceptors (Lipinski definition) is 6. The Labute approximate surface area is 159 Å². The predicted molar refractivity (Wildman–Crippen MR) is 101 cm³/mol. The van der Waals surface area contributed by atoms with Crippen molar-refractivity contribution < 1.29 is 9.53 Å². The van der Waals surface area contributed by atoms with Crippen molar-refractivity contribution >= 4 is 11.7 Å². The van der Waals surface area contributed by atoms with Gasteiger partial charge in [-0.3, -0.25) is 9.78 Å². The van der Waals surface area contributed by atoms with E-state index in [0.717, 1.165) is 50.4 Å². The molecule has 0 saturated carbocycles. The number of aromatic nitrogens is 3. The highest BCUT2D eigenvalue weighted by molar-refractivity contribution is 5.77. The average Bonchev–Trinajstić information content (AvgIpc) is 2.72. The third-order valence-electron chi connectivity index (χ3n) is 5.65. The molecule has 4 heterocycles. The largest absolute Gasteiger partial charge is 0.481 e. The molecule has 1 amide bonds. The summed E-state index contributed by atoms with van der Waals surface area (Å²) in [6, 6.07) is 7.74. The quantitative estimate of drug-likeness (QED) is 0.826. The average molecular weight is 367 g/mol. The highest BCUT2D eigenvalue weighted by Gasteiger charge is 2.42. The molecule has 7 nitrogen and oxygen atoms in total. The fourth-order valence-corrected chi connectivity index (χ4v) is 4.28. The van der Waals surface area contributed by atoms with Gasteiger partial charge in [0.15, 0.2) is 0 Å². The van der Waals surface area contributed by atoms with Crippen LogP contribution in [0.15, 0.2) is 36.8 Å². The molecule has 0 N–H and O–H groups in total. The van der Waals surface area contributed by atoms with Crippen LogP contribution in [0.1, 0.15) is 31.4 Å². The van der Waals surface area contributed by atoms with Crippen molar-refractivity contribution in [3.63, 3.8) is 0 Å². The number of rotatable bonds is 4. The summed E-state index contributed by atoms with van der Waals surface area (Å²) in [6.45, 7) is 3.24. The van der Waals surface area contributed by atoms with Gasteiger partial charge < -0.3 is 14.5 Å². The zero-order chi connectivity index (χ0) is 18.7. The minimum Gasteiger partial charge on any atom is -0.481 e. The van der Waals surface area contributed by atoms with E-state index in [1.165, 1.54) is 0 Å². The first-order chi connectivity index (χ1) is 13.2. The molecule has 0 aromatic carbocycles. The number of carbonyl (C=O) groups is 1. The normalized spacial score (nSPS) is 22.9. The van der Waals surface area contributed by atoms with E-state index in [4.69, 9.17) is 4.74 Å². The van der Waals surface area contributed by atoms with E-state index < -0.39 is 0 Å². The second-order valence-corrected chi connectivity index (χ2v) is 7.51. The van der Waals surface area contributed by atoms with Crippen LogP contribution in [0, 0.1) is 5.41 Å². The molecule has 2 aliphatic heterocycles. The number of ether oxygens (including phenoxy) is 1. The molecular formula is C20H25N5O2. The van der Waals surface area contributed by atoms with Crippen LogP contribution in [0.3, 0.4) is 0 Å². The van der Waals surface area contributed by atoms with Gasteiger partial charge in [0, 0.05) is 43.7 Å². The first kappa shape index (κ1) is 17.7. The van der Waals surface area contributed by atoms with Gasteiger partial charge in [-0.2, -0.15) is 0 Å². The molecule has 1 spiro atoms. The maximum atomic E-state index is 12.5. The molecule has 27 heavy (non-hydrogen) atoms. The van der Waals surface area contributed by atoms with Crippen molar-refractivity contribution in [2.24, 2.45) is 5.41 Å². The van der Waals surface area contributed by atoms with Crippen molar-refractivity contribution in [1.29, 1.82) is 0 Å². The standard InChI is InChI=1S/C20H25N5O2/c1-27-18-11-17(22-15-23-18)24-10-4-7-20(13-24)8-6-19(26)25(14-20)12-16-5-2-3-9-21-16/h2-3,5,9,11,15H,4,6-8,10,12-14H2,1H3. The summed E-state index contributed by atoms with van der Waals surface area (Å²) >= 11 is 0. The van der Waals surface area contributed by atoms with Gasteiger partial charge in [0.05, 0.1) is 19.3 Å². The van der Waals surface area contributed by atoms with Crippen LogP contribution in [0.4, 0.5) is 5.82 Å². The predicted octanol–water partition coefficient (Wildman–Crippen LogP) is 2.29. The van der Waals surface area contributed by atoms with Crippen molar-refractivity contribution in [2.75, 3.05) is 31.6 Å². The van der Waals surface area contributed by atoms with Gasteiger partial charge >= 0.3 is 0 Å². The van der Waals surface area contributed by atoms with E-state index in [0.29, 0.717) is 18.8 Å². The zero-order valence-corrected chi connectivity index (χ0v) is 15.7. The Bertz CT molecular complexity index is 800. The van der Waals surface area contributed by atoms with Gasteiger partial charge in [0.25, 0.3) is 0 Å². The Morgan fingerprint density at radius 3 is 2.93 bits per heavy atom. The second kappa shape index (κ2) is 7.50. The highest BCUT2D eigenvalue weighted by Crippen LogP contribution is 2.40. The van der Waals surface area contributed by atoms with E-state index in [9.17, 15) is 4.79 Å². The number of amides is 1. The lowest BCUT2D eigenvalue weighted by Crippen LogP contribution is -2.54. The summed E-state index contributed by atoms with van der Waals surface area (Å²) in [4.78, 5) is 29.7. The van der Waals surface area contributed by atoms with Gasteiger partial charge in [-0.05, 0) is 31.4 Å². The minimum absolute atomic E-state index is 0.110. The fraction of sp³-hybridized carbons (Fsp3) is 0.500. The summed E-state index contributed by atoms with van der Waals surface area (Å²) < 4.78 is 5.24. The molecule has 142 valence electrons. The number of hydrogen-bond donors (Lipinski definition) is 0. The second-order valence-electron chi connectivity index (χ2n) is 7.51. The number of anilines is 1. The summed E-state index contributed by atoms with van der Waals surface area (Å²) in [5.74, 6) is 1.71. The Kier molecular flexibility index (Phi) is 4.92. The smallest absolute Gasteiger partial charge is 0.222 e. The SMILES string of the molecule is COc1cc(N2CCCC3(CCC(=O)N(Cc4ccccn4)C3)C2)ncn1. The number of methoxy groups -OCH3 is 1. The topological polar surface area (TPSA) is 71.5 Å². The van der Waals surface area contributed by atoms with Crippen molar-refractivity contribution in [2.45, 2.75) is 32.2 Å². The molecule has 1 unspecified atom stereocenters. The number of piperidine rings is 2. The van der Waals surface area contributed by atoms with E-state index >= 15 is 0 Å². The Balaban J connectivity index is 1.50. The molecule has 1 atom stereocenters. The lowest BCUT2D eigenvalue weighted by atomic mass is 9.73. The Hall–Kier alpha value is -2.70. The first-order valence-corrected chi connectivity index (χ1v) is 9.46. The minimum atomic E-state index is 0.110. The molecule has 4 rings (SSSR count). The van der Waals surface area contributed by atoms with Gasteiger partial charge in [0.1, 0.15) is 12.1 Å². The molecular weight excluding hydrogens is 342 g/mol. The third-order valence-corrected chi connectivity index (χ3v) is 5.65. The molecule has 2 saturated heterocycles. The molecule has 2 aliphatic rings. The lowest BCUT2D eigenvalue weighted by Gasteiger charge is -2.48. The van der Waals surface area contributed by atoms with Gasteiger partial charge in [-0.15, -0.1) is 0 Å². The summed E-state index contributed by atoms with van der Waals surface area (Å²) in [7, 11) is 1.62. The van der Waals surface area contributed by atoms with Gasteiger partial charge in [-0.1, -0.05) is 6.07 Å². The number of likely N-dealkylation sites (tertiary alicyclic amines) is 1.